The van der Waals surface area contributed by atoms with Crippen molar-refractivity contribution in [3.05, 3.63) is 59.1 Å². The van der Waals surface area contributed by atoms with Crippen LogP contribution in [0.15, 0.2) is 53.6 Å². The zero-order chi connectivity index (χ0) is 21.3. The highest BCUT2D eigenvalue weighted by Crippen LogP contribution is 2.49. The Kier molecular flexibility index (Phi) is 5.69. The number of ether oxygens (including phenoxy) is 1. The highest BCUT2D eigenvalue weighted by molar-refractivity contribution is 6.43. The van der Waals surface area contributed by atoms with Gasteiger partial charge in [-0.25, -0.2) is 5.06 Å². The third kappa shape index (κ3) is 3.23. The van der Waals surface area contributed by atoms with Crippen LogP contribution in [-0.4, -0.2) is 55.2 Å². The maximum Gasteiger partial charge on any atom is 0.294 e. The molecule has 2 atom stereocenters. The van der Waals surface area contributed by atoms with Gasteiger partial charge in [-0.2, -0.15) is 5.10 Å². The molecule has 30 heavy (non-hydrogen) atoms. The molecule has 2 heterocycles. The van der Waals surface area contributed by atoms with Crippen LogP contribution in [0.2, 0.25) is 5.02 Å². The van der Waals surface area contributed by atoms with Crippen molar-refractivity contribution in [2.75, 3.05) is 32.4 Å². The zero-order valence-corrected chi connectivity index (χ0v) is 17.7. The lowest BCUT2D eigenvalue weighted by molar-refractivity contribution is -0.160. The van der Waals surface area contributed by atoms with Crippen molar-refractivity contribution in [3.8, 4) is 5.75 Å². The van der Waals surface area contributed by atoms with Crippen LogP contribution in [0, 0.1) is 0 Å². The molecule has 7 nitrogen and oxygen atoms in total. The molecular formula is C22H24ClN3O4. The van der Waals surface area contributed by atoms with E-state index < -0.39 is 5.41 Å². The molecule has 4 rings (SSSR count). The average Bonchev–Trinajstić information content (AvgIpc) is 3.12. The predicted molar refractivity (Wildman–Crippen MR) is 115 cm³/mol. The number of hydrogen-bond acceptors (Lipinski definition) is 6. The molecule has 2 aromatic rings. The van der Waals surface area contributed by atoms with Gasteiger partial charge in [-0.05, 0) is 36.6 Å². The van der Waals surface area contributed by atoms with Crippen molar-refractivity contribution < 1.29 is 19.5 Å². The van der Waals surface area contributed by atoms with Gasteiger partial charge in [0.05, 0.1) is 12.5 Å². The number of carbonyl (C=O) groups is 1. The van der Waals surface area contributed by atoms with Gasteiger partial charge in [-0.1, -0.05) is 41.9 Å². The number of rotatable bonds is 6. The zero-order valence-electron chi connectivity index (χ0n) is 16.9. The minimum atomic E-state index is -0.784. The Bertz CT molecular complexity index is 968. The molecule has 0 aromatic heterocycles. The van der Waals surface area contributed by atoms with Crippen molar-refractivity contribution >= 4 is 28.9 Å². The standard InChI is InChI=1S/C22H24ClN3O4/c1-25(29-2)21(28)20-22(11-6-12-27,15-7-4-3-5-8-15)19-14-30-18-10-9-16(23)13-17(18)26(19)24-20/h3-5,7-10,13,19,27H,6,11-12,14H2,1-2H3/t19-,22+/m0/s1. The summed E-state index contributed by atoms with van der Waals surface area (Å²) in [4.78, 5) is 18.5. The Labute approximate surface area is 180 Å². The van der Waals surface area contributed by atoms with Crippen molar-refractivity contribution in [2.45, 2.75) is 24.3 Å². The fourth-order valence-corrected chi connectivity index (χ4v) is 4.51. The summed E-state index contributed by atoms with van der Waals surface area (Å²) >= 11 is 6.25. The topological polar surface area (TPSA) is 74.6 Å². The summed E-state index contributed by atoms with van der Waals surface area (Å²) in [6.45, 7) is 0.345. The van der Waals surface area contributed by atoms with Crippen LogP contribution in [0.5, 0.6) is 5.75 Å². The van der Waals surface area contributed by atoms with Crippen LogP contribution in [0.4, 0.5) is 5.69 Å². The molecule has 0 aliphatic carbocycles. The normalized spacial score (nSPS) is 22.1. The number of amides is 1. The number of hydroxylamine groups is 2. The molecule has 2 aliphatic heterocycles. The van der Waals surface area contributed by atoms with Gasteiger partial charge < -0.3 is 9.84 Å². The van der Waals surface area contributed by atoms with Gasteiger partial charge in [0.1, 0.15) is 29.8 Å². The molecule has 0 bridgehead atoms. The van der Waals surface area contributed by atoms with Crippen molar-refractivity contribution in [1.82, 2.24) is 5.06 Å². The van der Waals surface area contributed by atoms with Gasteiger partial charge in [0.25, 0.3) is 5.91 Å². The number of benzene rings is 2. The molecule has 0 radical (unpaired) electrons. The molecule has 2 aromatic carbocycles. The van der Waals surface area contributed by atoms with E-state index in [-0.39, 0.29) is 18.6 Å². The minimum Gasteiger partial charge on any atom is -0.489 e. The largest absolute Gasteiger partial charge is 0.489 e. The smallest absolute Gasteiger partial charge is 0.294 e. The molecule has 0 unspecified atom stereocenters. The summed E-state index contributed by atoms with van der Waals surface area (Å²) in [5.74, 6) is 0.328. The van der Waals surface area contributed by atoms with Crippen molar-refractivity contribution in [1.29, 1.82) is 0 Å². The van der Waals surface area contributed by atoms with Crippen LogP contribution in [0.3, 0.4) is 0 Å². The molecule has 0 saturated heterocycles. The van der Waals surface area contributed by atoms with Gasteiger partial charge in [-0.15, -0.1) is 0 Å². The summed E-state index contributed by atoms with van der Waals surface area (Å²) < 4.78 is 6.07. The first-order valence-corrected chi connectivity index (χ1v) is 10.2. The molecule has 0 fully saturated rings. The van der Waals surface area contributed by atoms with Crippen molar-refractivity contribution in [2.24, 2.45) is 5.10 Å². The van der Waals surface area contributed by atoms with Crippen LogP contribution < -0.4 is 9.75 Å². The molecule has 8 heteroatoms. The SMILES string of the molecule is CON(C)C(=O)C1=NN2c3cc(Cl)ccc3OC[C@H]2[C@@]1(CCCO)c1ccccc1. The molecule has 0 spiro atoms. The number of hydrogen-bond donors (Lipinski definition) is 1. The van der Waals surface area contributed by atoms with E-state index in [4.69, 9.17) is 26.3 Å². The second-order valence-corrected chi connectivity index (χ2v) is 7.82. The van der Waals surface area contributed by atoms with Crippen LogP contribution in [-0.2, 0) is 15.0 Å². The number of anilines is 1. The lowest BCUT2D eigenvalue weighted by atomic mass is 9.67. The Hall–Kier alpha value is -2.61. The van der Waals surface area contributed by atoms with E-state index in [1.165, 1.54) is 12.2 Å². The first-order valence-electron chi connectivity index (χ1n) is 9.82. The fraction of sp³-hybridized carbons (Fsp3) is 0.364. The highest BCUT2D eigenvalue weighted by Gasteiger charge is 2.57. The molecule has 0 saturated carbocycles. The maximum atomic E-state index is 13.4. The first-order chi connectivity index (χ1) is 14.5. The summed E-state index contributed by atoms with van der Waals surface area (Å²) in [6.07, 6.45) is 1.03. The first kappa shape index (κ1) is 20.7. The van der Waals surface area contributed by atoms with Crippen LogP contribution in [0.1, 0.15) is 18.4 Å². The molecular weight excluding hydrogens is 406 g/mol. The van der Waals surface area contributed by atoms with E-state index in [0.717, 1.165) is 5.56 Å². The fourth-order valence-electron chi connectivity index (χ4n) is 4.35. The van der Waals surface area contributed by atoms with E-state index in [2.05, 4.69) is 0 Å². The van der Waals surface area contributed by atoms with Gasteiger partial charge in [-0.3, -0.25) is 14.6 Å². The summed E-state index contributed by atoms with van der Waals surface area (Å²) in [7, 11) is 3.00. The predicted octanol–water partition coefficient (Wildman–Crippen LogP) is 3.01. The third-order valence-corrected chi connectivity index (χ3v) is 6.07. The lowest BCUT2D eigenvalue weighted by Crippen LogP contribution is -2.55. The van der Waals surface area contributed by atoms with Crippen molar-refractivity contribution in [3.63, 3.8) is 0 Å². The summed E-state index contributed by atoms with van der Waals surface area (Å²) in [6, 6.07) is 14.9. The number of nitrogens with zero attached hydrogens (tertiary/aromatic N) is 3. The van der Waals surface area contributed by atoms with E-state index >= 15 is 0 Å². The summed E-state index contributed by atoms with van der Waals surface area (Å²) in [5, 5.41) is 18.0. The number of hydrazone groups is 1. The highest BCUT2D eigenvalue weighted by atomic mass is 35.5. The number of carbonyl (C=O) groups excluding carboxylic acids is 1. The number of halogens is 1. The third-order valence-electron chi connectivity index (χ3n) is 5.84. The van der Waals surface area contributed by atoms with E-state index in [0.29, 0.717) is 41.6 Å². The molecule has 1 N–H and O–H groups in total. The number of aliphatic hydroxyl groups excluding tert-OH is 1. The Morgan fingerprint density at radius 3 is 2.83 bits per heavy atom. The number of aliphatic hydroxyl groups is 1. The van der Waals surface area contributed by atoms with Gasteiger partial charge in [0, 0.05) is 18.7 Å². The molecule has 158 valence electrons. The van der Waals surface area contributed by atoms with E-state index in [9.17, 15) is 9.90 Å². The van der Waals surface area contributed by atoms with E-state index in [1.807, 2.05) is 41.4 Å². The molecule has 1 amide bonds. The Morgan fingerprint density at radius 2 is 2.13 bits per heavy atom. The molecule has 2 aliphatic rings. The van der Waals surface area contributed by atoms with Crippen LogP contribution >= 0.6 is 11.6 Å². The van der Waals surface area contributed by atoms with E-state index in [1.54, 1.807) is 19.2 Å². The number of fused-ring (bicyclic) bond motifs is 3. The average molecular weight is 430 g/mol. The maximum absolute atomic E-state index is 13.4. The summed E-state index contributed by atoms with van der Waals surface area (Å²) in [5.41, 5.74) is 1.23. The van der Waals surface area contributed by atoms with Crippen LogP contribution in [0.25, 0.3) is 0 Å². The second kappa shape index (κ2) is 8.26. The Balaban J connectivity index is 1.92. The van der Waals surface area contributed by atoms with Gasteiger partial charge >= 0.3 is 0 Å². The quantitative estimate of drug-likeness (QED) is 0.714. The monoisotopic (exact) mass is 429 g/mol. The second-order valence-electron chi connectivity index (χ2n) is 7.38. The minimum absolute atomic E-state index is 0.00611. The lowest BCUT2D eigenvalue weighted by Gasteiger charge is -2.41. The Morgan fingerprint density at radius 1 is 1.37 bits per heavy atom. The van der Waals surface area contributed by atoms with Gasteiger partial charge in [0.2, 0.25) is 0 Å². The van der Waals surface area contributed by atoms with Gasteiger partial charge in [0.15, 0.2) is 0 Å².